The van der Waals surface area contributed by atoms with Crippen LogP contribution in [0.4, 0.5) is 5.82 Å². The summed E-state index contributed by atoms with van der Waals surface area (Å²) in [5.74, 6) is 0.699. The van der Waals surface area contributed by atoms with Gasteiger partial charge in [0.2, 0.25) is 0 Å². The van der Waals surface area contributed by atoms with Gasteiger partial charge in [-0.15, -0.1) is 11.3 Å². The lowest BCUT2D eigenvalue weighted by Gasteiger charge is -2.02. The molecule has 0 amide bonds. The number of thiophene rings is 1. The van der Waals surface area contributed by atoms with Crippen LogP contribution in [0.25, 0.3) is 27.0 Å². The molecule has 0 saturated carbocycles. The molecule has 0 bridgehead atoms. The van der Waals surface area contributed by atoms with E-state index in [4.69, 9.17) is 10.7 Å². The molecule has 3 aromatic heterocycles. The highest BCUT2D eigenvalue weighted by atomic mass is 32.1. The fourth-order valence-electron chi connectivity index (χ4n) is 2.58. The van der Waals surface area contributed by atoms with Gasteiger partial charge in [-0.1, -0.05) is 24.3 Å². The van der Waals surface area contributed by atoms with Gasteiger partial charge >= 0.3 is 0 Å². The Labute approximate surface area is 120 Å². The summed E-state index contributed by atoms with van der Waals surface area (Å²) < 4.78 is 3.15. The average Bonchev–Trinajstić information content (AvgIpc) is 3.04. The number of rotatable bonds is 1. The first-order valence-corrected chi connectivity index (χ1v) is 7.33. The van der Waals surface area contributed by atoms with E-state index in [0.29, 0.717) is 5.82 Å². The Morgan fingerprint density at radius 3 is 2.85 bits per heavy atom. The molecule has 0 aliphatic rings. The van der Waals surface area contributed by atoms with Gasteiger partial charge in [0.15, 0.2) is 5.65 Å². The van der Waals surface area contributed by atoms with E-state index in [1.54, 1.807) is 11.3 Å². The Balaban J connectivity index is 2.11. The molecule has 0 aliphatic heterocycles. The van der Waals surface area contributed by atoms with Crippen LogP contribution in [0, 0.1) is 6.92 Å². The topological polar surface area (TPSA) is 43.3 Å². The third-order valence-corrected chi connectivity index (χ3v) is 4.58. The van der Waals surface area contributed by atoms with Crippen molar-refractivity contribution < 1.29 is 0 Å². The maximum Gasteiger partial charge on any atom is 0.157 e. The van der Waals surface area contributed by atoms with E-state index < -0.39 is 0 Å². The van der Waals surface area contributed by atoms with Crippen LogP contribution in [-0.4, -0.2) is 9.38 Å². The molecule has 4 aromatic rings. The molecule has 4 rings (SSSR count). The van der Waals surface area contributed by atoms with Crippen LogP contribution < -0.4 is 5.73 Å². The molecule has 0 fully saturated rings. The fourth-order valence-corrected chi connectivity index (χ4v) is 3.45. The lowest BCUT2D eigenvalue weighted by Crippen LogP contribution is -1.94. The van der Waals surface area contributed by atoms with Gasteiger partial charge in [-0.3, -0.25) is 4.40 Å². The zero-order chi connectivity index (χ0) is 13.7. The van der Waals surface area contributed by atoms with Gasteiger partial charge in [0.25, 0.3) is 0 Å². The Morgan fingerprint density at radius 2 is 2.00 bits per heavy atom. The van der Waals surface area contributed by atoms with Crippen LogP contribution in [0.1, 0.15) is 5.56 Å². The SMILES string of the molecule is Cc1ccccc1-c1nc2c3sccc3ccn2c1N. The molecule has 0 spiro atoms. The molecular formula is C16H13N3S. The molecule has 2 N–H and O–H groups in total. The smallest absolute Gasteiger partial charge is 0.157 e. The number of hydrogen-bond acceptors (Lipinski definition) is 3. The molecule has 20 heavy (non-hydrogen) atoms. The Morgan fingerprint density at radius 1 is 1.15 bits per heavy atom. The molecular weight excluding hydrogens is 266 g/mol. The number of imidazole rings is 1. The van der Waals surface area contributed by atoms with Crippen molar-refractivity contribution in [1.82, 2.24) is 9.38 Å². The van der Waals surface area contributed by atoms with Gasteiger partial charge in [0.05, 0.1) is 4.70 Å². The first kappa shape index (κ1) is 11.5. The minimum Gasteiger partial charge on any atom is -0.383 e. The molecule has 3 heterocycles. The van der Waals surface area contributed by atoms with Crippen molar-refractivity contribution in [3.8, 4) is 11.3 Å². The second-order valence-corrected chi connectivity index (χ2v) is 5.79. The van der Waals surface area contributed by atoms with E-state index in [1.165, 1.54) is 15.6 Å². The number of nitrogens with two attached hydrogens (primary N) is 1. The van der Waals surface area contributed by atoms with Gasteiger partial charge in [-0.2, -0.15) is 0 Å². The minimum atomic E-state index is 0.699. The minimum absolute atomic E-state index is 0.699. The number of aryl methyl sites for hydroxylation is 1. The van der Waals surface area contributed by atoms with Crippen molar-refractivity contribution in [2.45, 2.75) is 6.92 Å². The summed E-state index contributed by atoms with van der Waals surface area (Å²) in [6, 6.07) is 12.4. The van der Waals surface area contributed by atoms with Crippen molar-refractivity contribution in [1.29, 1.82) is 0 Å². The van der Waals surface area contributed by atoms with Crippen LogP contribution in [0.5, 0.6) is 0 Å². The highest BCUT2D eigenvalue weighted by Gasteiger charge is 2.15. The summed E-state index contributed by atoms with van der Waals surface area (Å²) >= 11 is 1.70. The van der Waals surface area contributed by atoms with Crippen molar-refractivity contribution in [3.05, 3.63) is 53.5 Å². The molecule has 0 atom stereocenters. The molecule has 0 radical (unpaired) electrons. The maximum atomic E-state index is 6.30. The highest BCUT2D eigenvalue weighted by molar-refractivity contribution is 7.18. The first-order valence-electron chi connectivity index (χ1n) is 6.45. The quantitative estimate of drug-likeness (QED) is 0.570. The number of fused-ring (bicyclic) bond motifs is 3. The molecule has 0 saturated heterocycles. The maximum absolute atomic E-state index is 6.30. The summed E-state index contributed by atoms with van der Waals surface area (Å²) in [7, 11) is 0. The molecule has 4 heteroatoms. The van der Waals surface area contributed by atoms with E-state index in [-0.39, 0.29) is 0 Å². The van der Waals surface area contributed by atoms with Crippen LogP contribution in [0.15, 0.2) is 48.0 Å². The van der Waals surface area contributed by atoms with Gasteiger partial charge in [0.1, 0.15) is 11.5 Å². The summed E-state index contributed by atoms with van der Waals surface area (Å²) in [6.07, 6.45) is 1.99. The van der Waals surface area contributed by atoms with E-state index in [2.05, 4.69) is 36.6 Å². The lowest BCUT2D eigenvalue weighted by atomic mass is 10.1. The normalized spacial score (nSPS) is 11.4. The van der Waals surface area contributed by atoms with Crippen molar-refractivity contribution in [2.75, 3.05) is 5.73 Å². The summed E-state index contributed by atoms with van der Waals surface area (Å²) in [5, 5.41) is 3.30. The van der Waals surface area contributed by atoms with Gasteiger partial charge in [0, 0.05) is 11.8 Å². The lowest BCUT2D eigenvalue weighted by molar-refractivity contribution is 1.22. The van der Waals surface area contributed by atoms with Crippen LogP contribution in [-0.2, 0) is 0 Å². The largest absolute Gasteiger partial charge is 0.383 e. The number of aromatic nitrogens is 2. The number of anilines is 1. The molecule has 1 aromatic carbocycles. The van der Waals surface area contributed by atoms with E-state index >= 15 is 0 Å². The zero-order valence-corrected chi connectivity index (χ0v) is 11.8. The molecule has 3 nitrogen and oxygen atoms in total. The molecule has 0 aliphatic carbocycles. The molecule has 0 unspecified atom stereocenters. The second kappa shape index (κ2) is 4.08. The predicted octanol–water partition coefficient (Wildman–Crippen LogP) is 4.11. The van der Waals surface area contributed by atoms with E-state index in [0.717, 1.165) is 16.9 Å². The first-order chi connectivity index (χ1) is 9.75. The monoisotopic (exact) mass is 279 g/mol. The summed E-state index contributed by atoms with van der Waals surface area (Å²) in [6.45, 7) is 2.08. The number of benzene rings is 1. The van der Waals surface area contributed by atoms with Crippen LogP contribution >= 0.6 is 11.3 Å². The standard InChI is InChI=1S/C16H13N3S/c1-10-4-2-3-5-12(10)13-15(17)19-8-6-11-7-9-20-14(11)16(19)18-13/h2-9H,17H2,1H3. The third-order valence-electron chi connectivity index (χ3n) is 3.65. The Hall–Kier alpha value is -2.33. The molecule has 98 valence electrons. The number of pyridine rings is 1. The van der Waals surface area contributed by atoms with Crippen molar-refractivity contribution in [2.24, 2.45) is 0 Å². The second-order valence-electron chi connectivity index (χ2n) is 4.87. The van der Waals surface area contributed by atoms with Crippen LogP contribution in [0.2, 0.25) is 0 Å². The van der Waals surface area contributed by atoms with Gasteiger partial charge < -0.3 is 5.73 Å². The third kappa shape index (κ3) is 1.48. The number of nitrogens with zero attached hydrogens (tertiary/aromatic N) is 2. The Kier molecular flexibility index (Phi) is 2.35. The zero-order valence-electron chi connectivity index (χ0n) is 11.0. The summed E-state index contributed by atoms with van der Waals surface area (Å²) in [4.78, 5) is 4.79. The fraction of sp³-hybridized carbons (Fsp3) is 0.0625. The Bertz CT molecular complexity index is 933. The predicted molar refractivity (Wildman–Crippen MR) is 85.2 cm³/mol. The van der Waals surface area contributed by atoms with E-state index in [9.17, 15) is 0 Å². The number of hydrogen-bond donors (Lipinski definition) is 1. The van der Waals surface area contributed by atoms with Crippen molar-refractivity contribution in [3.63, 3.8) is 0 Å². The number of nitrogen functional groups attached to an aromatic ring is 1. The summed E-state index contributed by atoms with van der Waals surface area (Å²) in [5.41, 5.74) is 10.4. The van der Waals surface area contributed by atoms with Gasteiger partial charge in [-0.05, 0) is 35.4 Å². The van der Waals surface area contributed by atoms with Gasteiger partial charge in [-0.25, -0.2) is 4.98 Å². The average molecular weight is 279 g/mol. The van der Waals surface area contributed by atoms with E-state index in [1.807, 2.05) is 22.7 Å². The highest BCUT2D eigenvalue weighted by Crippen LogP contribution is 2.33. The van der Waals surface area contributed by atoms with Crippen molar-refractivity contribution >= 4 is 32.9 Å². The van der Waals surface area contributed by atoms with Crippen LogP contribution in [0.3, 0.4) is 0 Å².